The summed E-state index contributed by atoms with van der Waals surface area (Å²) < 4.78 is 68.9. The van der Waals surface area contributed by atoms with Gasteiger partial charge in [0.25, 0.3) is 0 Å². The number of aliphatic hydroxyl groups is 1. The third-order valence-electron chi connectivity index (χ3n) is 20.3. The molecule has 17 nitrogen and oxygen atoms in total. The van der Waals surface area contributed by atoms with Crippen LogP contribution >= 0.6 is 15.6 Å². The second-order valence-electron chi connectivity index (χ2n) is 31.4. The van der Waals surface area contributed by atoms with E-state index in [-0.39, 0.29) is 25.7 Å². The Balaban J connectivity index is 5.22. The van der Waals surface area contributed by atoms with Crippen molar-refractivity contribution in [1.29, 1.82) is 0 Å². The minimum absolute atomic E-state index is 0.108. The van der Waals surface area contributed by atoms with E-state index in [0.717, 1.165) is 95.8 Å². The van der Waals surface area contributed by atoms with Crippen molar-refractivity contribution in [2.75, 3.05) is 39.6 Å². The lowest BCUT2D eigenvalue weighted by atomic mass is 10.0. The number of rotatable bonds is 86. The van der Waals surface area contributed by atoms with Crippen LogP contribution in [0, 0.1) is 5.92 Å². The zero-order chi connectivity index (χ0) is 76.9. The van der Waals surface area contributed by atoms with E-state index in [9.17, 15) is 43.2 Å². The van der Waals surface area contributed by atoms with Crippen molar-refractivity contribution in [2.45, 2.75) is 483 Å². The van der Waals surface area contributed by atoms with Crippen molar-refractivity contribution in [3.63, 3.8) is 0 Å². The molecule has 0 saturated carbocycles. The summed E-state index contributed by atoms with van der Waals surface area (Å²) in [6, 6.07) is 0. The second-order valence-corrected chi connectivity index (χ2v) is 34.3. The zero-order valence-corrected chi connectivity index (χ0v) is 70.7. The number of ether oxygens (including phenoxy) is 4. The first-order valence-electron chi connectivity index (χ1n) is 44.6. The van der Waals surface area contributed by atoms with E-state index in [1.54, 1.807) is 0 Å². The van der Waals surface area contributed by atoms with Gasteiger partial charge in [-0.05, 0) is 31.6 Å². The molecule has 2 unspecified atom stereocenters. The zero-order valence-electron chi connectivity index (χ0n) is 68.9. The molecule has 3 N–H and O–H groups in total. The molecule has 0 aromatic carbocycles. The standard InChI is InChI=1S/C86H168O17P2/c1-6-9-12-15-18-21-24-27-30-33-34-35-36-37-38-41-44-47-50-57-62-67-72-85(90)102-81(75-96-83(88)69-64-59-54-48-45-42-39-31-28-25-22-19-16-13-10-7-2)77-100-104(92,93)98-73-80(87)74-99-105(94,95)101-78-82(76-97-84(89)70-65-60-55-52-51-53-58-63-68-79(4)5)103-86(91)71-66-61-56-49-46-43-40-32-29-26-23-20-17-14-11-8-3/h79-82,87H,6-78H2,1-5H3,(H,92,93)(H,94,95)/t80-,81-,82-/m1/s1. The van der Waals surface area contributed by atoms with Crippen molar-refractivity contribution in [3.05, 3.63) is 0 Å². The first-order valence-corrected chi connectivity index (χ1v) is 47.6. The SMILES string of the molecule is CCCCCCCCCCCCCCCCCCCCCCCCC(=O)O[C@H](COC(=O)CCCCCCCCCCCCCCCCCC)COP(=O)(O)OC[C@@H](O)COP(=O)(O)OC[C@@H](COC(=O)CCCCCCCCCCC(C)C)OC(=O)CCCCCCCCCCCCCCCCCC. The van der Waals surface area contributed by atoms with Crippen LogP contribution in [0.3, 0.4) is 0 Å². The van der Waals surface area contributed by atoms with E-state index in [0.29, 0.717) is 25.7 Å². The van der Waals surface area contributed by atoms with Gasteiger partial charge >= 0.3 is 39.5 Å². The molecule has 0 spiro atoms. The summed E-state index contributed by atoms with van der Waals surface area (Å²) in [6.45, 7) is 7.33. The maximum absolute atomic E-state index is 13.1. The molecule has 0 bridgehead atoms. The highest BCUT2D eigenvalue weighted by atomic mass is 31.2. The van der Waals surface area contributed by atoms with E-state index in [2.05, 4.69) is 34.6 Å². The third-order valence-corrected chi connectivity index (χ3v) is 22.2. The largest absolute Gasteiger partial charge is 0.472 e. The number of carbonyl (C=O) groups is 4. The van der Waals surface area contributed by atoms with Gasteiger partial charge in [0.05, 0.1) is 26.4 Å². The Hall–Kier alpha value is -1.94. The van der Waals surface area contributed by atoms with Crippen molar-refractivity contribution in [1.82, 2.24) is 0 Å². The molecule has 0 heterocycles. The lowest BCUT2D eigenvalue weighted by Crippen LogP contribution is -2.30. The Morgan fingerprint density at radius 2 is 0.438 bits per heavy atom. The summed E-state index contributed by atoms with van der Waals surface area (Å²) in [5.41, 5.74) is 0. The van der Waals surface area contributed by atoms with Gasteiger partial charge in [-0.1, -0.05) is 413 Å². The van der Waals surface area contributed by atoms with Crippen LogP contribution in [0.1, 0.15) is 465 Å². The molecular formula is C86H168O17P2. The Labute approximate surface area is 645 Å². The molecule has 624 valence electrons. The van der Waals surface area contributed by atoms with Crippen LogP contribution in [0.4, 0.5) is 0 Å². The van der Waals surface area contributed by atoms with E-state index in [1.165, 1.54) is 289 Å². The van der Waals surface area contributed by atoms with Crippen LogP contribution in [-0.2, 0) is 65.4 Å². The minimum Gasteiger partial charge on any atom is -0.462 e. The fourth-order valence-electron chi connectivity index (χ4n) is 13.5. The second kappa shape index (κ2) is 78.7. The fraction of sp³-hybridized carbons (Fsp3) is 0.953. The lowest BCUT2D eigenvalue weighted by molar-refractivity contribution is -0.161. The highest BCUT2D eigenvalue weighted by Crippen LogP contribution is 2.45. The third kappa shape index (κ3) is 79.9. The molecule has 105 heavy (non-hydrogen) atoms. The summed E-state index contributed by atoms with van der Waals surface area (Å²) in [4.78, 5) is 73.2. The molecule has 0 aliphatic carbocycles. The fourth-order valence-corrected chi connectivity index (χ4v) is 15.1. The van der Waals surface area contributed by atoms with Gasteiger partial charge in [0, 0.05) is 25.7 Å². The van der Waals surface area contributed by atoms with Gasteiger partial charge in [0.1, 0.15) is 19.3 Å². The minimum atomic E-state index is -4.97. The quantitative estimate of drug-likeness (QED) is 0.0222. The number of unbranched alkanes of at least 4 members (excludes halogenated alkanes) is 58. The van der Waals surface area contributed by atoms with E-state index in [4.69, 9.17) is 37.0 Å². The number of esters is 4. The summed E-state index contributed by atoms with van der Waals surface area (Å²) in [7, 11) is -9.93. The number of carbonyl (C=O) groups excluding carboxylic acids is 4. The molecule has 5 atom stereocenters. The first kappa shape index (κ1) is 103. The van der Waals surface area contributed by atoms with Gasteiger partial charge in [-0.2, -0.15) is 0 Å². The molecule has 0 aromatic rings. The molecule has 0 rings (SSSR count). The topological polar surface area (TPSA) is 237 Å². The first-order chi connectivity index (χ1) is 51.0. The summed E-state index contributed by atoms with van der Waals surface area (Å²) in [5.74, 6) is -1.37. The highest BCUT2D eigenvalue weighted by Gasteiger charge is 2.30. The summed E-state index contributed by atoms with van der Waals surface area (Å²) in [5, 5.41) is 10.7. The Morgan fingerprint density at radius 3 is 0.648 bits per heavy atom. The highest BCUT2D eigenvalue weighted by molar-refractivity contribution is 7.47. The van der Waals surface area contributed by atoms with E-state index in [1.807, 2.05) is 0 Å². The predicted molar refractivity (Wildman–Crippen MR) is 432 cm³/mol. The van der Waals surface area contributed by atoms with Crippen LogP contribution in [0.5, 0.6) is 0 Å². The van der Waals surface area contributed by atoms with Crippen molar-refractivity contribution in [3.8, 4) is 0 Å². The lowest BCUT2D eigenvalue weighted by Gasteiger charge is -2.21. The number of phosphoric acid groups is 2. The van der Waals surface area contributed by atoms with Crippen LogP contribution in [0.25, 0.3) is 0 Å². The molecule has 0 radical (unpaired) electrons. The molecule has 0 fully saturated rings. The number of hydrogen-bond acceptors (Lipinski definition) is 15. The van der Waals surface area contributed by atoms with Crippen LogP contribution in [-0.4, -0.2) is 96.7 Å². The number of aliphatic hydroxyl groups excluding tert-OH is 1. The van der Waals surface area contributed by atoms with Gasteiger partial charge in [-0.25, -0.2) is 9.13 Å². The molecule has 0 aromatic heterocycles. The predicted octanol–water partition coefficient (Wildman–Crippen LogP) is 26.4. The van der Waals surface area contributed by atoms with Gasteiger partial charge < -0.3 is 33.8 Å². The average Bonchev–Trinajstić information content (AvgIpc) is 0.942. The van der Waals surface area contributed by atoms with Crippen LogP contribution in [0.2, 0.25) is 0 Å². The molecule has 0 aliphatic heterocycles. The smallest absolute Gasteiger partial charge is 0.462 e. The van der Waals surface area contributed by atoms with Gasteiger partial charge in [-0.3, -0.25) is 37.3 Å². The van der Waals surface area contributed by atoms with Gasteiger partial charge in [-0.15, -0.1) is 0 Å². The molecule has 19 heteroatoms. The number of phosphoric ester groups is 2. The van der Waals surface area contributed by atoms with Crippen molar-refractivity contribution >= 4 is 39.5 Å². The van der Waals surface area contributed by atoms with Crippen molar-refractivity contribution in [2.24, 2.45) is 5.92 Å². The molecular weight excluding hydrogens is 1370 g/mol. The van der Waals surface area contributed by atoms with Crippen molar-refractivity contribution < 1.29 is 80.2 Å². The van der Waals surface area contributed by atoms with Gasteiger partial charge in [0.2, 0.25) is 0 Å². The molecule has 0 saturated heterocycles. The number of hydrogen-bond donors (Lipinski definition) is 3. The Kier molecular flexibility index (Phi) is 77.3. The van der Waals surface area contributed by atoms with E-state index >= 15 is 0 Å². The Morgan fingerprint density at radius 1 is 0.257 bits per heavy atom. The maximum atomic E-state index is 13.1. The maximum Gasteiger partial charge on any atom is 0.472 e. The monoisotopic (exact) mass is 1540 g/mol. The Bertz CT molecular complexity index is 2000. The average molecular weight is 1540 g/mol. The normalized spacial score (nSPS) is 13.8. The van der Waals surface area contributed by atoms with E-state index < -0.39 is 97.5 Å². The van der Waals surface area contributed by atoms with Gasteiger partial charge in [0.15, 0.2) is 12.2 Å². The van der Waals surface area contributed by atoms with Crippen LogP contribution < -0.4 is 0 Å². The molecule has 0 amide bonds. The summed E-state index contributed by atoms with van der Waals surface area (Å²) in [6.07, 6.45) is 72.3. The molecule has 0 aliphatic rings. The summed E-state index contributed by atoms with van der Waals surface area (Å²) >= 11 is 0. The van der Waals surface area contributed by atoms with Crippen LogP contribution in [0.15, 0.2) is 0 Å².